The molecule has 0 saturated carbocycles. The largest absolute Gasteiger partial charge is 0.324 e. The van der Waals surface area contributed by atoms with Gasteiger partial charge in [0.1, 0.15) is 0 Å². The fraction of sp³-hybridized carbons (Fsp3) is 0.769. The second-order valence-electron chi connectivity index (χ2n) is 5.13. The quantitative estimate of drug-likeness (QED) is 0.834. The zero-order valence-electron chi connectivity index (χ0n) is 11.2. The molecule has 0 aliphatic rings. The molecule has 1 heterocycles. The molecule has 1 atom stereocenters. The van der Waals surface area contributed by atoms with Crippen LogP contribution in [0, 0.1) is 19.8 Å². The maximum atomic E-state index is 5.95. The van der Waals surface area contributed by atoms with E-state index < -0.39 is 0 Å². The second kappa shape index (κ2) is 5.48. The molecule has 2 N–H and O–H groups in total. The first-order valence-electron chi connectivity index (χ1n) is 6.23. The van der Waals surface area contributed by atoms with Crippen molar-refractivity contribution in [2.24, 2.45) is 11.7 Å². The summed E-state index contributed by atoms with van der Waals surface area (Å²) in [7, 11) is 0. The minimum Gasteiger partial charge on any atom is -0.324 e. The number of hydrogen-bond acceptors (Lipinski definition) is 2. The number of hydrogen-bond donors (Lipinski definition) is 1. The highest BCUT2D eigenvalue weighted by atomic mass is 15.3. The van der Waals surface area contributed by atoms with Crippen molar-refractivity contribution in [3.05, 3.63) is 17.0 Å². The van der Waals surface area contributed by atoms with Crippen molar-refractivity contribution in [1.82, 2.24) is 9.78 Å². The molecule has 0 radical (unpaired) electrons. The molecular weight excluding hydrogens is 198 g/mol. The van der Waals surface area contributed by atoms with Gasteiger partial charge in [0.2, 0.25) is 0 Å². The van der Waals surface area contributed by atoms with Crippen molar-refractivity contribution in [3.63, 3.8) is 0 Å². The van der Waals surface area contributed by atoms with Gasteiger partial charge in [0, 0.05) is 23.8 Å². The number of nitrogens with two attached hydrogens (primary N) is 1. The predicted octanol–water partition coefficient (Wildman–Crippen LogP) is 2.96. The standard InChI is InChI=1S/C13H25N3/c1-9(2)7-6-8-16-12(5)13(10(3)14)11(4)15-16/h9-10H,6-8,14H2,1-5H3. The van der Waals surface area contributed by atoms with Crippen LogP contribution in [0.1, 0.15) is 56.6 Å². The molecule has 0 amide bonds. The summed E-state index contributed by atoms with van der Waals surface area (Å²) in [5.41, 5.74) is 9.48. The van der Waals surface area contributed by atoms with Crippen LogP contribution in [-0.4, -0.2) is 9.78 Å². The lowest BCUT2D eigenvalue weighted by Gasteiger charge is -2.08. The van der Waals surface area contributed by atoms with Gasteiger partial charge < -0.3 is 5.73 Å². The van der Waals surface area contributed by atoms with Crippen molar-refractivity contribution in [1.29, 1.82) is 0 Å². The smallest absolute Gasteiger partial charge is 0.0644 e. The molecule has 0 fully saturated rings. The summed E-state index contributed by atoms with van der Waals surface area (Å²) in [5.74, 6) is 0.768. The topological polar surface area (TPSA) is 43.8 Å². The minimum atomic E-state index is 0.0823. The summed E-state index contributed by atoms with van der Waals surface area (Å²) in [6.45, 7) is 11.7. The van der Waals surface area contributed by atoms with Crippen LogP contribution in [-0.2, 0) is 6.54 Å². The SMILES string of the molecule is Cc1nn(CCCC(C)C)c(C)c1C(C)N. The highest BCUT2D eigenvalue weighted by Gasteiger charge is 2.14. The number of aromatic nitrogens is 2. The summed E-state index contributed by atoms with van der Waals surface area (Å²) in [5, 5.41) is 4.56. The van der Waals surface area contributed by atoms with E-state index in [1.807, 2.05) is 13.8 Å². The summed E-state index contributed by atoms with van der Waals surface area (Å²) in [6, 6.07) is 0.0823. The Hall–Kier alpha value is -0.830. The van der Waals surface area contributed by atoms with Gasteiger partial charge in [-0.25, -0.2) is 0 Å². The fourth-order valence-corrected chi connectivity index (χ4v) is 2.24. The third kappa shape index (κ3) is 3.08. The van der Waals surface area contributed by atoms with Crippen molar-refractivity contribution in [2.45, 2.75) is 60.0 Å². The van der Waals surface area contributed by atoms with Crippen LogP contribution in [0.25, 0.3) is 0 Å². The summed E-state index contributed by atoms with van der Waals surface area (Å²) in [4.78, 5) is 0. The first-order chi connectivity index (χ1) is 7.43. The molecule has 0 bridgehead atoms. The van der Waals surface area contributed by atoms with Crippen LogP contribution in [0.15, 0.2) is 0 Å². The lowest BCUT2D eigenvalue weighted by atomic mass is 10.1. The van der Waals surface area contributed by atoms with Crippen molar-refractivity contribution < 1.29 is 0 Å². The third-order valence-corrected chi connectivity index (χ3v) is 3.04. The zero-order valence-corrected chi connectivity index (χ0v) is 11.2. The van der Waals surface area contributed by atoms with E-state index in [-0.39, 0.29) is 6.04 Å². The van der Waals surface area contributed by atoms with Crippen LogP contribution in [0.3, 0.4) is 0 Å². The van der Waals surface area contributed by atoms with Crippen molar-refractivity contribution in [2.75, 3.05) is 0 Å². The van der Waals surface area contributed by atoms with Gasteiger partial charge in [-0.3, -0.25) is 4.68 Å². The summed E-state index contributed by atoms with van der Waals surface area (Å²) < 4.78 is 2.11. The van der Waals surface area contributed by atoms with Crippen molar-refractivity contribution >= 4 is 0 Å². The molecule has 1 aromatic rings. The first-order valence-corrected chi connectivity index (χ1v) is 6.23. The van der Waals surface area contributed by atoms with Crippen molar-refractivity contribution in [3.8, 4) is 0 Å². The van der Waals surface area contributed by atoms with Crippen LogP contribution in [0.5, 0.6) is 0 Å². The fourth-order valence-electron chi connectivity index (χ4n) is 2.24. The van der Waals surface area contributed by atoms with E-state index in [4.69, 9.17) is 5.73 Å². The number of rotatable bonds is 5. The maximum Gasteiger partial charge on any atom is 0.0644 e. The third-order valence-electron chi connectivity index (χ3n) is 3.04. The number of nitrogens with zero attached hydrogens (tertiary/aromatic N) is 2. The molecule has 16 heavy (non-hydrogen) atoms. The van der Waals surface area contributed by atoms with Gasteiger partial charge in [-0.2, -0.15) is 5.10 Å². The van der Waals surface area contributed by atoms with Gasteiger partial charge in [0.15, 0.2) is 0 Å². The van der Waals surface area contributed by atoms with Crippen LogP contribution < -0.4 is 5.73 Å². The molecular formula is C13H25N3. The molecule has 0 saturated heterocycles. The van der Waals surface area contributed by atoms with Gasteiger partial charge in [-0.05, 0) is 39.5 Å². The zero-order chi connectivity index (χ0) is 12.3. The minimum absolute atomic E-state index is 0.0823. The van der Waals surface area contributed by atoms with E-state index in [0.29, 0.717) is 0 Å². The van der Waals surface area contributed by atoms with Gasteiger partial charge in [-0.15, -0.1) is 0 Å². The molecule has 1 unspecified atom stereocenters. The maximum absolute atomic E-state index is 5.95. The Bertz CT molecular complexity index is 337. The average Bonchev–Trinajstić information content (AvgIpc) is 2.41. The first kappa shape index (κ1) is 13.2. The normalized spacial score (nSPS) is 13.4. The molecule has 1 aromatic heterocycles. The van der Waals surface area contributed by atoms with Gasteiger partial charge in [0.05, 0.1) is 5.69 Å². The van der Waals surface area contributed by atoms with E-state index in [1.165, 1.54) is 24.1 Å². The molecule has 92 valence electrons. The molecule has 0 aromatic carbocycles. The second-order valence-corrected chi connectivity index (χ2v) is 5.13. The molecule has 3 heteroatoms. The van der Waals surface area contributed by atoms with Gasteiger partial charge in [0.25, 0.3) is 0 Å². The monoisotopic (exact) mass is 223 g/mol. The van der Waals surface area contributed by atoms with Crippen LogP contribution in [0.2, 0.25) is 0 Å². The van der Waals surface area contributed by atoms with Gasteiger partial charge >= 0.3 is 0 Å². The van der Waals surface area contributed by atoms with E-state index >= 15 is 0 Å². The highest BCUT2D eigenvalue weighted by molar-refractivity contribution is 5.27. The molecule has 1 rings (SSSR count). The molecule has 0 aliphatic heterocycles. The summed E-state index contributed by atoms with van der Waals surface area (Å²) >= 11 is 0. The Morgan fingerprint density at radius 1 is 1.25 bits per heavy atom. The van der Waals surface area contributed by atoms with E-state index in [0.717, 1.165) is 18.2 Å². The van der Waals surface area contributed by atoms with Crippen LogP contribution in [0.4, 0.5) is 0 Å². The average molecular weight is 223 g/mol. The molecule has 0 aliphatic carbocycles. The Kier molecular flexibility index (Phi) is 4.54. The predicted molar refractivity (Wildman–Crippen MR) is 68.4 cm³/mol. The lowest BCUT2D eigenvalue weighted by molar-refractivity contribution is 0.482. The Morgan fingerprint density at radius 2 is 1.88 bits per heavy atom. The Labute approximate surface area is 99.0 Å². The van der Waals surface area contributed by atoms with Gasteiger partial charge in [-0.1, -0.05) is 13.8 Å². The van der Waals surface area contributed by atoms with Crippen LogP contribution >= 0.6 is 0 Å². The van der Waals surface area contributed by atoms with E-state index in [1.54, 1.807) is 0 Å². The van der Waals surface area contributed by atoms with E-state index in [9.17, 15) is 0 Å². The number of aryl methyl sites for hydroxylation is 2. The highest BCUT2D eigenvalue weighted by Crippen LogP contribution is 2.20. The lowest BCUT2D eigenvalue weighted by Crippen LogP contribution is -2.08. The molecule has 3 nitrogen and oxygen atoms in total. The Balaban J connectivity index is 2.71. The Morgan fingerprint density at radius 3 is 2.31 bits per heavy atom. The molecule has 0 spiro atoms. The van der Waals surface area contributed by atoms with E-state index in [2.05, 4.69) is 30.6 Å². The summed E-state index contributed by atoms with van der Waals surface area (Å²) in [6.07, 6.45) is 2.45.